The number of carbonyl (C=O) groups is 2. The van der Waals surface area contributed by atoms with E-state index in [1.54, 1.807) is 44.2 Å². The standard InChI is InChI=1S/C15H15N3O2/c1-9-8-13(10(2)18-17-9)15(20)16-14-7-5-4-6-12(14)11(3)19/h4-8H,1-3H3,(H,16,20). The summed E-state index contributed by atoms with van der Waals surface area (Å²) in [5.74, 6) is -0.393. The second-order valence-corrected chi connectivity index (χ2v) is 4.54. The first kappa shape index (κ1) is 13.9. The van der Waals surface area contributed by atoms with Crippen molar-refractivity contribution in [3.63, 3.8) is 0 Å². The van der Waals surface area contributed by atoms with E-state index in [2.05, 4.69) is 15.5 Å². The van der Waals surface area contributed by atoms with Gasteiger partial charge in [-0.3, -0.25) is 9.59 Å². The largest absolute Gasteiger partial charge is 0.321 e. The van der Waals surface area contributed by atoms with Gasteiger partial charge in [0.2, 0.25) is 0 Å². The van der Waals surface area contributed by atoms with Gasteiger partial charge in [0.1, 0.15) is 0 Å². The number of ketones is 1. The van der Waals surface area contributed by atoms with E-state index in [0.717, 1.165) is 0 Å². The first-order valence-corrected chi connectivity index (χ1v) is 6.21. The van der Waals surface area contributed by atoms with Gasteiger partial charge in [0, 0.05) is 5.56 Å². The number of hydrogen-bond acceptors (Lipinski definition) is 4. The number of benzene rings is 1. The quantitative estimate of drug-likeness (QED) is 0.869. The molecular weight excluding hydrogens is 254 g/mol. The van der Waals surface area contributed by atoms with Gasteiger partial charge >= 0.3 is 0 Å². The molecule has 20 heavy (non-hydrogen) atoms. The normalized spacial score (nSPS) is 10.2. The summed E-state index contributed by atoms with van der Waals surface area (Å²) < 4.78 is 0. The summed E-state index contributed by atoms with van der Waals surface area (Å²) in [6.45, 7) is 4.96. The maximum atomic E-state index is 12.3. The molecule has 0 saturated carbocycles. The van der Waals surface area contributed by atoms with Gasteiger partial charge in [-0.15, -0.1) is 0 Å². The molecule has 0 aliphatic rings. The number of hydrogen-bond donors (Lipinski definition) is 1. The van der Waals surface area contributed by atoms with Crippen LogP contribution in [0.25, 0.3) is 0 Å². The number of nitrogens with zero attached hydrogens (tertiary/aromatic N) is 2. The number of aromatic nitrogens is 2. The Kier molecular flexibility index (Phi) is 3.89. The monoisotopic (exact) mass is 269 g/mol. The minimum absolute atomic E-state index is 0.0957. The predicted octanol–water partition coefficient (Wildman–Crippen LogP) is 2.55. The van der Waals surface area contributed by atoms with Gasteiger partial charge < -0.3 is 5.32 Å². The molecule has 1 N–H and O–H groups in total. The number of nitrogens with one attached hydrogen (secondary N) is 1. The lowest BCUT2D eigenvalue weighted by Gasteiger charge is -2.10. The predicted molar refractivity (Wildman–Crippen MR) is 75.9 cm³/mol. The highest BCUT2D eigenvalue weighted by molar-refractivity contribution is 6.09. The third kappa shape index (κ3) is 2.88. The lowest BCUT2D eigenvalue weighted by atomic mass is 10.1. The molecular formula is C15H15N3O2. The zero-order valence-corrected chi connectivity index (χ0v) is 11.6. The van der Waals surface area contributed by atoms with Crippen LogP contribution in [0.3, 0.4) is 0 Å². The fourth-order valence-electron chi connectivity index (χ4n) is 1.87. The van der Waals surface area contributed by atoms with Crippen LogP contribution >= 0.6 is 0 Å². The Labute approximate surface area is 117 Å². The van der Waals surface area contributed by atoms with Gasteiger partial charge in [-0.2, -0.15) is 10.2 Å². The van der Waals surface area contributed by atoms with Crippen LogP contribution < -0.4 is 5.32 Å². The summed E-state index contributed by atoms with van der Waals surface area (Å²) in [6, 6.07) is 8.58. The molecule has 0 aliphatic carbocycles. The molecule has 0 unspecified atom stereocenters. The summed E-state index contributed by atoms with van der Waals surface area (Å²) in [5.41, 5.74) is 2.65. The topological polar surface area (TPSA) is 72.0 Å². The number of carbonyl (C=O) groups excluding carboxylic acids is 2. The molecule has 1 amide bonds. The second-order valence-electron chi connectivity index (χ2n) is 4.54. The highest BCUT2D eigenvalue weighted by atomic mass is 16.1. The summed E-state index contributed by atoms with van der Waals surface area (Å²) in [4.78, 5) is 23.8. The summed E-state index contributed by atoms with van der Waals surface area (Å²) >= 11 is 0. The molecule has 2 rings (SSSR count). The Hall–Kier alpha value is -2.56. The third-order valence-corrected chi connectivity index (χ3v) is 2.90. The Balaban J connectivity index is 2.33. The van der Waals surface area contributed by atoms with E-state index >= 15 is 0 Å². The van der Waals surface area contributed by atoms with Crippen LogP contribution in [0, 0.1) is 13.8 Å². The number of para-hydroxylation sites is 1. The molecule has 1 aromatic heterocycles. The van der Waals surface area contributed by atoms with Crippen LogP contribution in [0.5, 0.6) is 0 Å². The Morgan fingerprint density at radius 3 is 2.45 bits per heavy atom. The molecule has 5 nitrogen and oxygen atoms in total. The van der Waals surface area contributed by atoms with Gasteiger partial charge in [0.25, 0.3) is 5.91 Å². The van der Waals surface area contributed by atoms with Crippen LogP contribution in [0.4, 0.5) is 5.69 Å². The number of rotatable bonds is 3. The molecule has 5 heteroatoms. The molecule has 102 valence electrons. The van der Waals surface area contributed by atoms with Gasteiger partial charge in [0.05, 0.1) is 22.6 Å². The first-order valence-electron chi connectivity index (χ1n) is 6.21. The lowest BCUT2D eigenvalue weighted by Crippen LogP contribution is -2.16. The van der Waals surface area contributed by atoms with Crippen molar-refractivity contribution >= 4 is 17.4 Å². The smallest absolute Gasteiger partial charge is 0.257 e. The molecule has 0 spiro atoms. The van der Waals surface area contributed by atoms with E-state index < -0.39 is 0 Å². The van der Waals surface area contributed by atoms with Crippen LogP contribution in [0.1, 0.15) is 39.0 Å². The van der Waals surface area contributed by atoms with Crippen LogP contribution in [-0.2, 0) is 0 Å². The van der Waals surface area contributed by atoms with Crippen molar-refractivity contribution in [3.8, 4) is 0 Å². The molecule has 0 aliphatic heterocycles. The number of amides is 1. The fraction of sp³-hybridized carbons (Fsp3) is 0.200. The molecule has 0 fully saturated rings. The average molecular weight is 269 g/mol. The second kappa shape index (κ2) is 5.61. The van der Waals surface area contributed by atoms with Crippen molar-refractivity contribution in [3.05, 3.63) is 52.8 Å². The van der Waals surface area contributed by atoms with Crippen LogP contribution in [0.15, 0.2) is 30.3 Å². The molecule has 0 saturated heterocycles. The minimum atomic E-state index is -0.297. The summed E-state index contributed by atoms with van der Waals surface area (Å²) in [6.07, 6.45) is 0. The van der Waals surface area contributed by atoms with Crippen molar-refractivity contribution in [2.75, 3.05) is 5.32 Å². The highest BCUT2D eigenvalue weighted by Gasteiger charge is 2.14. The highest BCUT2D eigenvalue weighted by Crippen LogP contribution is 2.17. The molecule has 2 aromatic rings. The van der Waals surface area contributed by atoms with Gasteiger partial charge in [-0.25, -0.2) is 0 Å². The molecule has 0 bridgehead atoms. The van der Waals surface area contributed by atoms with Crippen molar-refractivity contribution in [2.24, 2.45) is 0 Å². The van der Waals surface area contributed by atoms with E-state index in [1.807, 2.05) is 0 Å². The summed E-state index contributed by atoms with van der Waals surface area (Å²) in [5, 5.41) is 10.6. The van der Waals surface area contributed by atoms with E-state index in [9.17, 15) is 9.59 Å². The Bertz CT molecular complexity index is 681. The SMILES string of the molecule is CC(=O)c1ccccc1NC(=O)c1cc(C)nnc1C. The molecule has 0 radical (unpaired) electrons. The fourth-order valence-corrected chi connectivity index (χ4v) is 1.87. The number of anilines is 1. The van der Waals surface area contributed by atoms with Crippen molar-refractivity contribution in [1.29, 1.82) is 0 Å². The summed E-state index contributed by atoms with van der Waals surface area (Å²) in [7, 11) is 0. The van der Waals surface area contributed by atoms with Crippen molar-refractivity contribution < 1.29 is 9.59 Å². The lowest BCUT2D eigenvalue weighted by molar-refractivity contribution is 0.101. The van der Waals surface area contributed by atoms with Gasteiger partial charge in [-0.1, -0.05) is 12.1 Å². The van der Waals surface area contributed by atoms with E-state index in [-0.39, 0.29) is 11.7 Å². The van der Waals surface area contributed by atoms with Gasteiger partial charge in [0.15, 0.2) is 5.78 Å². The maximum absolute atomic E-state index is 12.3. The zero-order chi connectivity index (χ0) is 14.7. The van der Waals surface area contributed by atoms with E-state index in [0.29, 0.717) is 28.2 Å². The van der Waals surface area contributed by atoms with Crippen molar-refractivity contribution in [1.82, 2.24) is 10.2 Å². The first-order chi connectivity index (χ1) is 9.49. The van der Waals surface area contributed by atoms with Crippen LogP contribution in [0.2, 0.25) is 0 Å². The number of aryl methyl sites for hydroxylation is 2. The maximum Gasteiger partial charge on any atom is 0.257 e. The molecule has 0 atom stereocenters. The van der Waals surface area contributed by atoms with E-state index in [1.165, 1.54) is 6.92 Å². The number of Topliss-reactive ketones (excluding diaryl/α,β-unsaturated/α-hetero) is 1. The minimum Gasteiger partial charge on any atom is -0.321 e. The third-order valence-electron chi connectivity index (χ3n) is 2.90. The van der Waals surface area contributed by atoms with Gasteiger partial charge in [-0.05, 0) is 39.0 Å². The molecule has 1 aromatic carbocycles. The molecule has 1 heterocycles. The Morgan fingerprint density at radius 1 is 1.05 bits per heavy atom. The van der Waals surface area contributed by atoms with Crippen LogP contribution in [-0.4, -0.2) is 21.9 Å². The van der Waals surface area contributed by atoms with E-state index in [4.69, 9.17) is 0 Å². The zero-order valence-electron chi connectivity index (χ0n) is 11.6. The van der Waals surface area contributed by atoms with Crippen molar-refractivity contribution in [2.45, 2.75) is 20.8 Å². The Morgan fingerprint density at radius 2 is 1.75 bits per heavy atom. The average Bonchev–Trinajstić information content (AvgIpc) is 2.41.